The largest absolute Gasteiger partial charge is 0.398 e. The van der Waals surface area contributed by atoms with Crippen LogP contribution < -0.4 is 10.5 Å². The molecule has 3 N–H and O–H groups in total. The number of rotatable bonds is 4. The molecule has 0 amide bonds. The van der Waals surface area contributed by atoms with Crippen LogP contribution in [0.4, 0.5) is 10.1 Å². The molecule has 16 heavy (non-hydrogen) atoms. The van der Waals surface area contributed by atoms with E-state index in [4.69, 9.17) is 5.73 Å². The third-order valence-corrected chi connectivity index (χ3v) is 4.43. The van der Waals surface area contributed by atoms with Crippen molar-refractivity contribution in [1.82, 2.24) is 4.72 Å². The Morgan fingerprint density at radius 2 is 2.12 bits per heavy atom. The second-order valence-corrected chi connectivity index (χ2v) is 5.95. The number of benzene rings is 1. The van der Waals surface area contributed by atoms with Crippen molar-refractivity contribution in [3.05, 3.63) is 29.6 Å². The number of nitrogen functional groups attached to an aromatic ring is 1. The van der Waals surface area contributed by atoms with Gasteiger partial charge in [0.25, 0.3) is 0 Å². The lowest BCUT2D eigenvalue weighted by molar-refractivity contribution is 0.579. The molecule has 88 valence electrons. The van der Waals surface area contributed by atoms with E-state index in [2.05, 4.69) is 4.72 Å². The Labute approximate surface area is 93.7 Å². The van der Waals surface area contributed by atoms with Crippen molar-refractivity contribution in [3.63, 3.8) is 0 Å². The highest BCUT2D eigenvalue weighted by Crippen LogP contribution is 2.27. The average Bonchev–Trinajstić information content (AvgIpc) is 3.03. The summed E-state index contributed by atoms with van der Waals surface area (Å²) < 4.78 is 38.4. The first-order valence-corrected chi connectivity index (χ1v) is 6.56. The fourth-order valence-electron chi connectivity index (χ4n) is 1.40. The molecular weight excluding hydrogens is 231 g/mol. The summed E-state index contributed by atoms with van der Waals surface area (Å²) in [6, 6.07) is 3.91. The summed E-state index contributed by atoms with van der Waals surface area (Å²) in [5.74, 6) is -0.421. The highest BCUT2D eigenvalue weighted by molar-refractivity contribution is 7.90. The molecule has 0 unspecified atom stereocenters. The van der Waals surface area contributed by atoms with Gasteiger partial charge in [-0.15, -0.1) is 0 Å². The number of nitrogens with one attached hydrogen (secondary N) is 1. The van der Waals surface area contributed by atoms with E-state index >= 15 is 0 Å². The molecular formula is C10H13FN2O2S. The number of sulfonamides is 1. The Kier molecular flexibility index (Phi) is 2.86. The predicted octanol–water partition coefficient (Wildman–Crippen LogP) is 0.990. The number of hydrogen-bond acceptors (Lipinski definition) is 3. The monoisotopic (exact) mass is 244 g/mol. The van der Waals surface area contributed by atoms with E-state index in [1.54, 1.807) is 0 Å². The maximum Gasteiger partial charge on any atom is 0.214 e. The van der Waals surface area contributed by atoms with Gasteiger partial charge in [0.1, 0.15) is 5.82 Å². The minimum Gasteiger partial charge on any atom is -0.398 e. The molecule has 1 saturated carbocycles. The lowest BCUT2D eigenvalue weighted by atomic mass is 10.2. The van der Waals surface area contributed by atoms with Crippen LogP contribution in [0.2, 0.25) is 0 Å². The number of halogens is 1. The first-order valence-electron chi connectivity index (χ1n) is 5.01. The highest BCUT2D eigenvalue weighted by Gasteiger charge is 2.35. The fraction of sp³-hybridized carbons (Fsp3) is 0.400. The summed E-state index contributed by atoms with van der Waals surface area (Å²) in [6.45, 7) is 0.0441. The Morgan fingerprint density at radius 1 is 1.44 bits per heavy atom. The average molecular weight is 244 g/mol. The molecule has 2 rings (SSSR count). The third-order valence-electron chi connectivity index (χ3n) is 2.53. The van der Waals surface area contributed by atoms with Crippen LogP contribution in [0, 0.1) is 5.82 Å². The van der Waals surface area contributed by atoms with Crippen LogP contribution in [0.25, 0.3) is 0 Å². The molecule has 0 radical (unpaired) electrons. The molecule has 0 bridgehead atoms. The van der Waals surface area contributed by atoms with Gasteiger partial charge >= 0.3 is 0 Å². The zero-order chi connectivity index (χ0) is 11.8. The second-order valence-electron chi connectivity index (χ2n) is 3.91. The smallest absolute Gasteiger partial charge is 0.214 e. The predicted molar refractivity (Wildman–Crippen MR) is 59.6 cm³/mol. The maximum atomic E-state index is 12.9. The maximum absolute atomic E-state index is 12.9. The summed E-state index contributed by atoms with van der Waals surface area (Å²) in [6.07, 6.45) is 1.40. The van der Waals surface area contributed by atoms with Gasteiger partial charge in [0.15, 0.2) is 0 Å². The molecule has 1 aliphatic rings. The Morgan fingerprint density at radius 3 is 2.75 bits per heavy atom. The standard InChI is InChI=1S/C10H13FN2O2S/c11-8-1-4-10(12)7(5-8)6-13-16(14,15)9-2-3-9/h1,4-5,9,13H,2-3,6,12H2. The molecule has 0 atom stereocenters. The Hall–Kier alpha value is -1.14. The molecule has 1 aromatic carbocycles. The van der Waals surface area contributed by atoms with Gasteiger partial charge in [-0.25, -0.2) is 17.5 Å². The Balaban J connectivity index is 2.07. The van der Waals surface area contributed by atoms with Crippen molar-refractivity contribution in [2.45, 2.75) is 24.6 Å². The minimum atomic E-state index is -3.24. The molecule has 1 aliphatic carbocycles. The van der Waals surface area contributed by atoms with Crippen molar-refractivity contribution in [3.8, 4) is 0 Å². The molecule has 4 nitrogen and oxygen atoms in total. The third kappa shape index (κ3) is 2.51. The SMILES string of the molecule is Nc1ccc(F)cc1CNS(=O)(=O)C1CC1. The first-order chi connectivity index (χ1) is 7.49. The molecule has 0 aromatic heterocycles. The van der Waals surface area contributed by atoms with Gasteiger partial charge in [0.05, 0.1) is 5.25 Å². The molecule has 0 saturated heterocycles. The normalized spacial score (nSPS) is 16.3. The van der Waals surface area contributed by atoms with Crippen molar-refractivity contribution in [2.75, 3.05) is 5.73 Å². The topological polar surface area (TPSA) is 72.2 Å². The van der Waals surface area contributed by atoms with Crippen LogP contribution in [0.1, 0.15) is 18.4 Å². The van der Waals surface area contributed by atoms with E-state index in [1.165, 1.54) is 18.2 Å². The lowest BCUT2D eigenvalue weighted by Crippen LogP contribution is -2.27. The fourth-order valence-corrected chi connectivity index (χ4v) is 2.75. The Bertz CT molecular complexity index is 498. The van der Waals surface area contributed by atoms with Crippen molar-refractivity contribution in [2.24, 2.45) is 0 Å². The van der Waals surface area contributed by atoms with E-state index in [0.29, 0.717) is 24.1 Å². The summed E-state index contributed by atoms with van der Waals surface area (Å²) in [5.41, 5.74) is 6.46. The first kappa shape index (κ1) is 11.3. The molecule has 1 aromatic rings. The number of nitrogens with two attached hydrogens (primary N) is 1. The lowest BCUT2D eigenvalue weighted by Gasteiger charge is -2.07. The van der Waals surface area contributed by atoms with Crippen LogP contribution in [0.5, 0.6) is 0 Å². The summed E-state index contributed by atoms with van der Waals surface area (Å²) in [4.78, 5) is 0. The van der Waals surface area contributed by atoms with Gasteiger partial charge in [-0.1, -0.05) is 0 Å². The van der Waals surface area contributed by atoms with Gasteiger partial charge in [-0.05, 0) is 36.6 Å². The summed E-state index contributed by atoms with van der Waals surface area (Å²) in [7, 11) is -3.24. The van der Waals surface area contributed by atoms with Crippen molar-refractivity contribution >= 4 is 15.7 Å². The molecule has 6 heteroatoms. The van der Waals surface area contributed by atoms with Crippen LogP contribution in [-0.2, 0) is 16.6 Å². The van der Waals surface area contributed by atoms with Crippen LogP contribution in [-0.4, -0.2) is 13.7 Å². The molecule has 0 heterocycles. The summed E-state index contributed by atoms with van der Waals surface area (Å²) in [5, 5.41) is -0.276. The van der Waals surface area contributed by atoms with Crippen LogP contribution in [0.3, 0.4) is 0 Å². The van der Waals surface area contributed by atoms with Crippen LogP contribution in [0.15, 0.2) is 18.2 Å². The second kappa shape index (κ2) is 4.03. The van der Waals surface area contributed by atoms with Gasteiger partial charge in [-0.2, -0.15) is 0 Å². The van der Waals surface area contributed by atoms with Crippen molar-refractivity contribution < 1.29 is 12.8 Å². The van der Waals surface area contributed by atoms with E-state index in [0.717, 1.165) is 0 Å². The molecule has 1 fully saturated rings. The van der Waals surface area contributed by atoms with E-state index in [-0.39, 0.29) is 11.8 Å². The highest BCUT2D eigenvalue weighted by atomic mass is 32.2. The van der Waals surface area contributed by atoms with Gasteiger partial charge in [0, 0.05) is 12.2 Å². The van der Waals surface area contributed by atoms with Crippen molar-refractivity contribution in [1.29, 1.82) is 0 Å². The van der Waals surface area contributed by atoms with Gasteiger partial charge in [0.2, 0.25) is 10.0 Å². The number of hydrogen-bond donors (Lipinski definition) is 2. The van der Waals surface area contributed by atoms with E-state index in [9.17, 15) is 12.8 Å². The summed E-state index contributed by atoms with van der Waals surface area (Å²) >= 11 is 0. The minimum absolute atomic E-state index is 0.0441. The molecule has 0 spiro atoms. The molecule has 0 aliphatic heterocycles. The van der Waals surface area contributed by atoms with E-state index in [1.807, 2.05) is 0 Å². The van der Waals surface area contributed by atoms with Gasteiger partial charge in [-0.3, -0.25) is 0 Å². The zero-order valence-electron chi connectivity index (χ0n) is 8.61. The zero-order valence-corrected chi connectivity index (χ0v) is 9.43. The number of anilines is 1. The van der Waals surface area contributed by atoms with Gasteiger partial charge < -0.3 is 5.73 Å². The quantitative estimate of drug-likeness (QED) is 0.776. The van der Waals surface area contributed by atoms with Crippen LogP contribution >= 0.6 is 0 Å². The van der Waals surface area contributed by atoms with E-state index < -0.39 is 15.8 Å².